The molecule has 7 N–H and O–H groups in total. The number of aliphatic hydroxyl groups is 2. The Morgan fingerprint density at radius 1 is 0.758 bits per heavy atom. The van der Waals surface area contributed by atoms with Crippen molar-refractivity contribution < 1.29 is 54.0 Å². The highest BCUT2D eigenvalue weighted by atomic mass is 16.5. The van der Waals surface area contributed by atoms with E-state index in [2.05, 4.69) is 53.6 Å². The number of phenols is 3. The van der Waals surface area contributed by atoms with Crippen molar-refractivity contribution in [2.75, 3.05) is 33.5 Å². The topological polar surface area (TPSA) is 181 Å². The highest BCUT2D eigenvalue weighted by Crippen LogP contribution is 2.86. The number of allylic oxidation sites excluding steroid dienone is 2. The lowest BCUT2D eigenvalue weighted by molar-refractivity contribution is -0.212. The third kappa shape index (κ3) is 8.55. The lowest BCUT2D eigenvalue weighted by Crippen LogP contribution is -2.83. The van der Waals surface area contributed by atoms with E-state index in [9.17, 15) is 25.5 Å². The predicted octanol–water partition coefficient (Wildman–Crippen LogP) is 13.9. The average molecular weight is 1280 g/mol. The van der Waals surface area contributed by atoms with Crippen LogP contribution >= 0.6 is 0 Å². The zero-order chi connectivity index (χ0) is 63.9. The van der Waals surface area contributed by atoms with E-state index < -0.39 is 53.6 Å². The lowest BCUT2D eigenvalue weighted by Gasteiger charge is -2.65. The Kier molecular flexibility index (Phi) is 14.0. The number of aliphatic hydroxyl groups excluding tert-OH is 2. The number of benzene rings is 5. The molecular formula is C82H94N2O11. The Morgan fingerprint density at radius 2 is 1.62 bits per heavy atom. The van der Waals surface area contributed by atoms with Gasteiger partial charge < -0.3 is 54.0 Å². The smallest absolute Gasteiger partial charge is 0.149 e. The minimum absolute atomic E-state index is 0.0243. The molecule has 20 unspecified atom stereocenters. The van der Waals surface area contributed by atoms with Crippen molar-refractivity contribution in [1.82, 2.24) is 10.6 Å². The summed E-state index contributed by atoms with van der Waals surface area (Å²) in [7, 11) is 1.74. The molecule has 0 amide bonds. The van der Waals surface area contributed by atoms with Crippen LogP contribution in [0.25, 0.3) is 21.9 Å². The van der Waals surface area contributed by atoms with Gasteiger partial charge in [0.15, 0.2) is 0 Å². The van der Waals surface area contributed by atoms with Crippen LogP contribution in [-0.4, -0.2) is 94.6 Å². The van der Waals surface area contributed by atoms with Crippen molar-refractivity contribution in [2.24, 2.45) is 81.3 Å². The first-order valence-corrected chi connectivity index (χ1v) is 37.0. The van der Waals surface area contributed by atoms with Crippen LogP contribution < -0.4 is 29.6 Å². The molecule has 20 rings (SSSR count). The van der Waals surface area contributed by atoms with Gasteiger partial charge in [0.25, 0.3) is 0 Å². The van der Waals surface area contributed by atoms with Gasteiger partial charge >= 0.3 is 0 Å². The number of fused-ring (bicyclic) bond motifs is 7. The minimum Gasteiger partial charge on any atom is -0.508 e. The van der Waals surface area contributed by atoms with Crippen LogP contribution in [0.5, 0.6) is 40.2 Å². The molecule has 4 heterocycles. The minimum atomic E-state index is -1.09. The number of aryl methyl sites for hydroxylation is 1. The SMILES string of the molecule is CCc1cc(-c2cccc(O)c2)c(Cc2cc(OC3CCCC3)cc3c2OCC(C2C(CCCOC)Oc4c5cc(c6cc(O)ccc46)OCC#CC4CNC6(CC7(CCCC7)C78CCC9%10CCC%11CCC(C(C=CC97)C68)C%11%10)NC46C4C=CC(C(O)C4)C6OC52)C3O)cc1O. The third-order valence-corrected chi connectivity index (χ3v) is 28.7. The fraction of sp³-hybridized carbons (Fsp3) is 0.585. The Morgan fingerprint density at radius 3 is 2.46 bits per heavy atom. The summed E-state index contributed by atoms with van der Waals surface area (Å²) >= 11 is 0. The molecular weight excluding hydrogens is 1190 g/mol. The second-order valence-electron chi connectivity index (χ2n) is 32.4. The van der Waals surface area contributed by atoms with Crippen LogP contribution in [0.4, 0.5) is 0 Å². The van der Waals surface area contributed by atoms with Crippen molar-refractivity contribution in [2.45, 2.75) is 183 Å². The molecule has 8 saturated carbocycles. The van der Waals surface area contributed by atoms with E-state index in [4.69, 9.17) is 33.7 Å². The second kappa shape index (κ2) is 22.1. The maximum atomic E-state index is 14.0. The van der Waals surface area contributed by atoms with Crippen molar-refractivity contribution in [3.8, 4) is 63.2 Å². The molecule has 13 heteroatoms. The van der Waals surface area contributed by atoms with Crippen LogP contribution in [0.2, 0.25) is 0 Å². The van der Waals surface area contributed by atoms with Gasteiger partial charge in [0.1, 0.15) is 53.0 Å². The molecule has 20 atom stereocenters. The van der Waals surface area contributed by atoms with E-state index in [1.165, 1.54) is 64.2 Å². The largest absolute Gasteiger partial charge is 0.508 e. The van der Waals surface area contributed by atoms with Crippen LogP contribution in [0.1, 0.15) is 163 Å². The molecule has 95 heavy (non-hydrogen) atoms. The summed E-state index contributed by atoms with van der Waals surface area (Å²) < 4.78 is 43.3. The van der Waals surface area contributed by atoms with Crippen molar-refractivity contribution in [3.05, 3.63) is 125 Å². The van der Waals surface area contributed by atoms with Gasteiger partial charge in [-0.15, -0.1) is 0 Å². The van der Waals surface area contributed by atoms with Gasteiger partial charge in [0, 0.05) is 83.7 Å². The summed E-state index contributed by atoms with van der Waals surface area (Å²) in [6.45, 7) is 3.47. The molecule has 13 nitrogen and oxygen atoms in total. The van der Waals surface area contributed by atoms with Gasteiger partial charge in [0.2, 0.25) is 0 Å². The molecule has 4 aliphatic heterocycles. The molecule has 0 radical (unpaired) electrons. The molecule has 15 aliphatic rings. The quantitative estimate of drug-likeness (QED) is 0.0378. The molecule has 0 aromatic heterocycles. The second-order valence-corrected chi connectivity index (χ2v) is 32.4. The zero-order valence-electron chi connectivity index (χ0n) is 55.2. The predicted molar refractivity (Wildman–Crippen MR) is 361 cm³/mol. The molecule has 5 spiro atoms. The number of ether oxygens (including phenoxy) is 6. The molecule has 5 aromatic carbocycles. The van der Waals surface area contributed by atoms with E-state index in [0.29, 0.717) is 108 Å². The normalized spacial score (nSPS) is 39.8. The number of phenolic OH excluding ortho intramolecular Hbond substituents is 3. The van der Waals surface area contributed by atoms with Crippen LogP contribution in [0.15, 0.2) is 97.1 Å². The molecule has 1 saturated heterocycles. The first kappa shape index (κ1) is 60.0. The van der Waals surface area contributed by atoms with Gasteiger partial charge in [-0.25, -0.2) is 0 Å². The lowest BCUT2D eigenvalue weighted by atomic mass is 9.50. The monoisotopic (exact) mass is 1280 g/mol. The standard InChI is InChI=1S/C82H94N2O11/c1-3-45-36-60(47-11-8-13-52(85)34-47)48(37-65(45)87)33-49-35-55(93-54-14-4-5-15-54)40-62-72(89)64(43-92-73(49)62)70-67(16-10-31-90-2)94-74-57-22-19-53(86)39-61(57)68-41-63(74)75(70)95-77-59-21-18-50(38-66(59)88)82(77)51(12-9-32-91-68)42-83-81(84-82)44-78(26-6-7-27-78)80-30-29-79-28-25-46-17-20-56(71(46)79)58(76(80)81)23-24-69(79)80/h8,11,13,18-19,21-24,34-37,39-41,46,50-51,54,56,58-59,64,66-67,69-72,75-77,83-89H,3-7,10,14-17,20,25-33,38,42-44H2,1-2H3. The number of hydrogen-bond acceptors (Lipinski definition) is 13. The number of nitrogens with one attached hydrogen (secondary N) is 2. The molecule has 11 aliphatic carbocycles. The van der Waals surface area contributed by atoms with Gasteiger partial charge in [0.05, 0.1) is 54.2 Å². The summed E-state index contributed by atoms with van der Waals surface area (Å²) in [4.78, 5) is 0. The fourth-order valence-corrected chi connectivity index (χ4v) is 25.4. The highest BCUT2D eigenvalue weighted by molar-refractivity contribution is 5.96. The molecule has 8 bridgehead atoms. The van der Waals surface area contributed by atoms with E-state index in [-0.39, 0.29) is 65.1 Å². The summed E-state index contributed by atoms with van der Waals surface area (Å²) in [5.74, 6) is 12.5. The van der Waals surface area contributed by atoms with Crippen LogP contribution in [0, 0.1) is 93.2 Å². The van der Waals surface area contributed by atoms with Crippen LogP contribution in [0.3, 0.4) is 0 Å². The molecule has 498 valence electrons. The Hall–Kier alpha value is -6.24. The Balaban J connectivity index is 0.775. The number of methoxy groups -OCH3 is 1. The van der Waals surface area contributed by atoms with Gasteiger partial charge in [-0.1, -0.05) is 68.0 Å². The maximum absolute atomic E-state index is 14.0. The van der Waals surface area contributed by atoms with E-state index in [1.54, 1.807) is 31.4 Å². The average Bonchev–Trinajstić information content (AvgIpc) is 1.47. The fourth-order valence-electron chi connectivity index (χ4n) is 25.4. The Labute approximate surface area is 558 Å². The summed E-state index contributed by atoms with van der Waals surface area (Å²) in [6, 6.07) is 22.7. The number of rotatable bonds is 11. The highest BCUT2D eigenvalue weighted by Gasteiger charge is 2.83. The molecule has 5 aromatic rings. The van der Waals surface area contributed by atoms with Gasteiger partial charge in [-0.05, 0) is 238 Å². The number of aromatic hydroxyl groups is 3. The van der Waals surface area contributed by atoms with E-state index in [0.717, 1.165) is 82.7 Å². The maximum Gasteiger partial charge on any atom is 0.149 e. The zero-order valence-corrected chi connectivity index (χ0v) is 55.2. The number of hydrogen-bond donors (Lipinski definition) is 7. The summed E-state index contributed by atoms with van der Waals surface area (Å²) in [5, 5.41) is 71.5. The third-order valence-electron chi connectivity index (χ3n) is 28.7. The van der Waals surface area contributed by atoms with Crippen molar-refractivity contribution >= 4 is 10.8 Å². The van der Waals surface area contributed by atoms with Gasteiger partial charge in [-0.2, -0.15) is 0 Å². The van der Waals surface area contributed by atoms with E-state index >= 15 is 0 Å². The van der Waals surface area contributed by atoms with Crippen LogP contribution in [-0.2, 0) is 22.3 Å². The van der Waals surface area contributed by atoms with Crippen molar-refractivity contribution in [3.63, 3.8) is 0 Å². The first-order valence-electron chi connectivity index (χ1n) is 37.0. The van der Waals surface area contributed by atoms with Crippen molar-refractivity contribution in [1.29, 1.82) is 0 Å². The Bertz CT molecular complexity index is 4050. The summed E-state index contributed by atoms with van der Waals surface area (Å²) in [5.41, 5.74) is 5.26. The summed E-state index contributed by atoms with van der Waals surface area (Å²) in [6.07, 6.45) is 28.1. The first-order chi connectivity index (χ1) is 46.4. The van der Waals surface area contributed by atoms with Gasteiger partial charge in [-0.3, -0.25) is 10.6 Å². The van der Waals surface area contributed by atoms with E-state index in [1.807, 2.05) is 43.3 Å². The molecule has 9 fully saturated rings.